The highest BCUT2D eigenvalue weighted by Gasteiger charge is 2.24. The average molecular weight is 433 g/mol. The first-order valence-electron chi connectivity index (χ1n) is 11.0. The van der Waals surface area contributed by atoms with Gasteiger partial charge >= 0.3 is 0 Å². The molecule has 0 radical (unpaired) electrons. The first-order chi connectivity index (χ1) is 14.6. The summed E-state index contributed by atoms with van der Waals surface area (Å²) in [7, 11) is 0. The van der Waals surface area contributed by atoms with Gasteiger partial charge in [0.15, 0.2) is 11.0 Å². The van der Waals surface area contributed by atoms with Gasteiger partial charge in [-0.3, -0.25) is 9.36 Å². The van der Waals surface area contributed by atoms with E-state index in [0.29, 0.717) is 16.8 Å². The fraction of sp³-hybridized carbons (Fsp3) is 0.591. The third-order valence-corrected chi connectivity index (χ3v) is 7.00. The number of aromatic nitrogens is 3. The number of nitrogens with one attached hydrogen (secondary N) is 1. The summed E-state index contributed by atoms with van der Waals surface area (Å²) in [6.07, 6.45) is 6.05. The number of carbonyl (C=O) groups is 1. The molecule has 2 aliphatic rings. The van der Waals surface area contributed by atoms with Crippen molar-refractivity contribution in [1.29, 1.82) is 0 Å². The number of rotatable bonds is 6. The molecule has 4 rings (SSSR count). The van der Waals surface area contributed by atoms with Crippen molar-refractivity contribution in [1.82, 2.24) is 19.7 Å². The molecule has 0 saturated carbocycles. The zero-order valence-electron chi connectivity index (χ0n) is 17.6. The second-order valence-electron chi connectivity index (χ2n) is 8.57. The molecular formula is C22H31FN5OS+. The summed E-state index contributed by atoms with van der Waals surface area (Å²) in [5.41, 5.74) is 0.842. The number of nitrogens with zero attached hydrogens (tertiary/aromatic N) is 4. The molecule has 162 valence electrons. The fourth-order valence-electron chi connectivity index (χ4n) is 4.44. The molecule has 1 N–H and O–H groups in total. The Bertz CT molecular complexity index is 850. The minimum atomic E-state index is -0.265. The quantitative estimate of drug-likeness (QED) is 0.712. The summed E-state index contributed by atoms with van der Waals surface area (Å²) < 4.78 is 15.5. The number of carbonyl (C=O) groups excluding carboxylic acids is 1. The van der Waals surface area contributed by atoms with Crippen LogP contribution in [0.3, 0.4) is 0 Å². The van der Waals surface area contributed by atoms with Crippen LogP contribution in [0.5, 0.6) is 0 Å². The van der Waals surface area contributed by atoms with E-state index in [-0.39, 0.29) is 11.7 Å². The van der Waals surface area contributed by atoms with E-state index < -0.39 is 0 Å². The van der Waals surface area contributed by atoms with Crippen molar-refractivity contribution in [2.75, 3.05) is 31.9 Å². The van der Waals surface area contributed by atoms with Crippen LogP contribution in [0.1, 0.15) is 44.9 Å². The maximum atomic E-state index is 13.5. The van der Waals surface area contributed by atoms with Gasteiger partial charge < -0.3 is 9.80 Å². The molecule has 0 aliphatic carbocycles. The van der Waals surface area contributed by atoms with E-state index in [9.17, 15) is 9.18 Å². The topological polar surface area (TPSA) is 55.5 Å². The normalized spacial score (nSPS) is 20.5. The van der Waals surface area contributed by atoms with Crippen LogP contribution in [-0.4, -0.2) is 57.5 Å². The van der Waals surface area contributed by atoms with Gasteiger partial charge in [-0.2, -0.15) is 0 Å². The molecule has 2 saturated heterocycles. The van der Waals surface area contributed by atoms with Gasteiger partial charge in [0.25, 0.3) is 0 Å². The van der Waals surface area contributed by atoms with Gasteiger partial charge in [0.1, 0.15) is 12.4 Å². The predicted molar refractivity (Wildman–Crippen MR) is 115 cm³/mol. The van der Waals surface area contributed by atoms with Crippen molar-refractivity contribution in [3.63, 3.8) is 0 Å². The standard InChI is InChI=1S/C22H30FN5OS/c1-17-6-5-13-27(14-17)21(29)16-30-22-25-24-20(15-26-11-3-2-4-12-26)28(22)19-9-7-18(23)8-10-19/h7-10,17H,2-6,11-16H2,1H3/p+1. The van der Waals surface area contributed by atoms with Crippen molar-refractivity contribution >= 4 is 17.7 Å². The third-order valence-electron chi connectivity index (χ3n) is 6.09. The van der Waals surface area contributed by atoms with Crippen LogP contribution >= 0.6 is 11.8 Å². The molecule has 2 fully saturated rings. The molecule has 2 aromatic rings. The van der Waals surface area contributed by atoms with E-state index >= 15 is 0 Å². The van der Waals surface area contributed by atoms with Crippen LogP contribution in [0.15, 0.2) is 29.4 Å². The predicted octanol–water partition coefficient (Wildman–Crippen LogP) is 2.33. The number of hydrogen-bond donors (Lipinski definition) is 1. The van der Waals surface area contributed by atoms with E-state index in [0.717, 1.165) is 50.7 Å². The van der Waals surface area contributed by atoms with Crippen molar-refractivity contribution < 1.29 is 14.1 Å². The van der Waals surface area contributed by atoms with Crippen LogP contribution < -0.4 is 4.90 Å². The molecule has 1 atom stereocenters. The number of piperidine rings is 2. The molecule has 0 spiro atoms. The molecule has 6 nitrogen and oxygen atoms in total. The molecule has 1 amide bonds. The molecule has 0 bridgehead atoms. The highest BCUT2D eigenvalue weighted by atomic mass is 32.2. The minimum Gasteiger partial charge on any atom is -0.342 e. The Kier molecular flexibility index (Phi) is 7.04. The Balaban J connectivity index is 1.51. The van der Waals surface area contributed by atoms with Gasteiger partial charge in [0.05, 0.1) is 18.8 Å². The van der Waals surface area contributed by atoms with Gasteiger partial charge in [0.2, 0.25) is 5.91 Å². The van der Waals surface area contributed by atoms with Crippen LogP contribution in [0.25, 0.3) is 5.69 Å². The maximum absolute atomic E-state index is 13.5. The zero-order valence-corrected chi connectivity index (χ0v) is 18.5. The van der Waals surface area contributed by atoms with E-state index in [2.05, 4.69) is 17.1 Å². The molecular weight excluding hydrogens is 401 g/mol. The lowest BCUT2D eigenvalue weighted by Crippen LogP contribution is -3.11. The summed E-state index contributed by atoms with van der Waals surface area (Å²) in [5, 5.41) is 9.58. The molecule has 3 heterocycles. The smallest absolute Gasteiger partial charge is 0.233 e. The number of benzene rings is 1. The van der Waals surface area contributed by atoms with Crippen molar-refractivity contribution in [2.24, 2.45) is 5.92 Å². The second-order valence-corrected chi connectivity index (χ2v) is 9.52. The summed E-state index contributed by atoms with van der Waals surface area (Å²) in [4.78, 5) is 16.2. The Morgan fingerprint density at radius 3 is 2.67 bits per heavy atom. The number of thioether (sulfide) groups is 1. The summed E-state index contributed by atoms with van der Waals surface area (Å²) in [5.74, 6) is 1.68. The lowest BCUT2D eigenvalue weighted by Gasteiger charge is -2.30. The van der Waals surface area contributed by atoms with Crippen LogP contribution in [0.2, 0.25) is 0 Å². The van der Waals surface area contributed by atoms with Gasteiger partial charge in [-0.15, -0.1) is 10.2 Å². The highest BCUT2D eigenvalue weighted by molar-refractivity contribution is 7.99. The molecule has 1 aromatic heterocycles. The number of hydrogen-bond acceptors (Lipinski definition) is 4. The minimum absolute atomic E-state index is 0.156. The zero-order chi connectivity index (χ0) is 20.9. The SMILES string of the molecule is CC1CCCN(C(=O)CSc2nnc(C[NH+]3CCCCC3)n2-c2ccc(F)cc2)C1. The van der Waals surface area contributed by atoms with Gasteiger partial charge in [-0.25, -0.2) is 4.39 Å². The fourth-order valence-corrected chi connectivity index (χ4v) is 5.32. The van der Waals surface area contributed by atoms with Gasteiger partial charge in [-0.1, -0.05) is 18.7 Å². The second kappa shape index (κ2) is 9.92. The van der Waals surface area contributed by atoms with Gasteiger partial charge in [0, 0.05) is 18.8 Å². The van der Waals surface area contributed by atoms with Crippen molar-refractivity contribution in [3.05, 3.63) is 35.9 Å². The van der Waals surface area contributed by atoms with Gasteiger partial charge in [-0.05, 0) is 62.3 Å². The Morgan fingerprint density at radius 1 is 1.17 bits per heavy atom. The number of amides is 1. The first kappa shape index (κ1) is 21.3. The Labute approximate surface area is 181 Å². The number of likely N-dealkylation sites (tertiary alicyclic amines) is 2. The summed E-state index contributed by atoms with van der Waals surface area (Å²) >= 11 is 1.43. The lowest BCUT2D eigenvalue weighted by atomic mass is 10.0. The monoisotopic (exact) mass is 432 g/mol. The lowest BCUT2D eigenvalue weighted by molar-refractivity contribution is -0.919. The van der Waals surface area contributed by atoms with Crippen molar-refractivity contribution in [3.8, 4) is 5.69 Å². The Morgan fingerprint density at radius 2 is 1.93 bits per heavy atom. The average Bonchev–Trinajstić information content (AvgIpc) is 3.15. The summed E-state index contributed by atoms with van der Waals surface area (Å²) in [6.45, 7) is 6.97. The van der Waals surface area contributed by atoms with E-state index in [4.69, 9.17) is 0 Å². The van der Waals surface area contributed by atoms with Crippen LogP contribution in [0, 0.1) is 11.7 Å². The highest BCUT2D eigenvalue weighted by Crippen LogP contribution is 2.24. The molecule has 30 heavy (non-hydrogen) atoms. The molecule has 2 aliphatic heterocycles. The molecule has 8 heteroatoms. The van der Waals surface area contributed by atoms with E-state index in [1.54, 1.807) is 12.1 Å². The van der Waals surface area contributed by atoms with E-state index in [1.165, 1.54) is 54.5 Å². The number of quaternary nitrogens is 1. The van der Waals surface area contributed by atoms with Crippen LogP contribution in [0.4, 0.5) is 4.39 Å². The largest absolute Gasteiger partial charge is 0.342 e. The number of halogens is 1. The maximum Gasteiger partial charge on any atom is 0.233 e. The molecule has 1 unspecified atom stereocenters. The van der Waals surface area contributed by atoms with E-state index in [1.807, 2.05) is 9.47 Å². The first-order valence-corrected chi connectivity index (χ1v) is 12.0. The van der Waals surface area contributed by atoms with Crippen LogP contribution in [-0.2, 0) is 11.3 Å². The van der Waals surface area contributed by atoms with Crippen molar-refractivity contribution in [2.45, 2.75) is 50.7 Å². The summed E-state index contributed by atoms with van der Waals surface area (Å²) in [6, 6.07) is 6.43. The molecule has 1 aromatic carbocycles. The Hall–Kier alpha value is -1.93. The third kappa shape index (κ3) is 5.21.